The van der Waals surface area contributed by atoms with Crippen LogP contribution in [0.5, 0.6) is 0 Å². The number of benzene rings is 1. The minimum atomic E-state index is -0.0940. The smallest absolute Gasteiger partial charge is 0.0693 e. The Labute approximate surface area is 117 Å². The maximum absolute atomic E-state index is 9.53. The molecule has 0 heterocycles. The van der Waals surface area contributed by atoms with E-state index in [1.807, 2.05) is 0 Å². The molecule has 0 amide bonds. The molecule has 1 fully saturated rings. The van der Waals surface area contributed by atoms with Crippen LogP contribution in [0.1, 0.15) is 44.1 Å². The molecular formula is C15H18IN. The third kappa shape index (κ3) is 3.45. The maximum Gasteiger partial charge on any atom is 0.0693 e. The molecule has 90 valence electrons. The predicted molar refractivity (Wildman–Crippen MR) is 78.6 cm³/mol. The fourth-order valence-electron chi connectivity index (χ4n) is 2.73. The van der Waals surface area contributed by atoms with Crippen molar-refractivity contribution in [1.82, 2.24) is 0 Å². The van der Waals surface area contributed by atoms with Crippen molar-refractivity contribution in [3.63, 3.8) is 0 Å². The lowest BCUT2D eigenvalue weighted by Gasteiger charge is -2.24. The zero-order valence-corrected chi connectivity index (χ0v) is 12.2. The third-order valence-corrected chi connectivity index (χ3v) is 4.47. The van der Waals surface area contributed by atoms with Gasteiger partial charge in [-0.25, -0.2) is 0 Å². The highest BCUT2D eigenvalue weighted by molar-refractivity contribution is 14.1. The first kappa shape index (κ1) is 12.9. The van der Waals surface area contributed by atoms with Crippen molar-refractivity contribution >= 4 is 22.6 Å². The Morgan fingerprint density at radius 2 is 1.65 bits per heavy atom. The van der Waals surface area contributed by atoms with Gasteiger partial charge in [-0.1, -0.05) is 37.8 Å². The molecular weight excluding hydrogens is 321 g/mol. The SMILES string of the molecule is N#CC1(Cc2ccc(I)cc2)CCCCCC1. The number of nitrogens with zero attached hydrogens (tertiary/aromatic N) is 1. The summed E-state index contributed by atoms with van der Waals surface area (Å²) in [5.41, 5.74) is 1.22. The number of halogens is 1. The summed E-state index contributed by atoms with van der Waals surface area (Å²) in [6.45, 7) is 0. The summed E-state index contributed by atoms with van der Waals surface area (Å²) < 4.78 is 1.26. The molecule has 0 aliphatic heterocycles. The molecule has 1 aliphatic rings. The number of hydrogen-bond acceptors (Lipinski definition) is 1. The lowest BCUT2D eigenvalue weighted by atomic mass is 9.77. The van der Waals surface area contributed by atoms with E-state index >= 15 is 0 Å². The van der Waals surface area contributed by atoms with Gasteiger partial charge in [-0.15, -0.1) is 0 Å². The van der Waals surface area contributed by atoms with Gasteiger partial charge < -0.3 is 0 Å². The van der Waals surface area contributed by atoms with Crippen LogP contribution in [-0.2, 0) is 6.42 Å². The molecule has 1 saturated carbocycles. The largest absolute Gasteiger partial charge is 0.198 e. The molecule has 1 aromatic carbocycles. The Bertz CT molecular complexity index is 394. The predicted octanol–water partition coefficient (Wildman–Crippen LogP) is 4.70. The molecule has 0 aromatic heterocycles. The summed E-state index contributed by atoms with van der Waals surface area (Å²) in [4.78, 5) is 0. The Morgan fingerprint density at radius 3 is 2.18 bits per heavy atom. The van der Waals surface area contributed by atoms with Gasteiger partial charge in [0.05, 0.1) is 11.5 Å². The average molecular weight is 339 g/mol. The molecule has 0 bridgehead atoms. The van der Waals surface area contributed by atoms with E-state index in [0.717, 1.165) is 19.3 Å². The second-order valence-electron chi connectivity index (χ2n) is 5.11. The van der Waals surface area contributed by atoms with Crippen molar-refractivity contribution in [3.8, 4) is 6.07 Å². The molecule has 0 unspecified atom stereocenters. The van der Waals surface area contributed by atoms with E-state index in [0.29, 0.717) is 0 Å². The van der Waals surface area contributed by atoms with Crippen LogP contribution in [0.25, 0.3) is 0 Å². The Balaban J connectivity index is 2.13. The van der Waals surface area contributed by atoms with Crippen LogP contribution in [0.2, 0.25) is 0 Å². The van der Waals surface area contributed by atoms with E-state index in [2.05, 4.69) is 52.9 Å². The first-order valence-corrected chi connectivity index (χ1v) is 7.48. The monoisotopic (exact) mass is 339 g/mol. The summed E-state index contributed by atoms with van der Waals surface area (Å²) in [5.74, 6) is 0. The molecule has 0 spiro atoms. The first-order valence-electron chi connectivity index (χ1n) is 6.40. The lowest BCUT2D eigenvalue weighted by Crippen LogP contribution is -2.20. The molecule has 0 radical (unpaired) electrons. The Morgan fingerprint density at radius 1 is 1.06 bits per heavy atom. The molecule has 0 atom stereocenters. The summed E-state index contributed by atoms with van der Waals surface area (Å²) in [7, 11) is 0. The van der Waals surface area contributed by atoms with Gasteiger partial charge in [0, 0.05) is 3.57 Å². The lowest BCUT2D eigenvalue weighted by molar-refractivity contribution is 0.339. The van der Waals surface area contributed by atoms with Crippen LogP contribution in [0.3, 0.4) is 0 Å². The quantitative estimate of drug-likeness (QED) is 0.566. The van der Waals surface area contributed by atoms with Gasteiger partial charge in [-0.3, -0.25) is 0 Å². The van der Waals surface area contributed by atoms with E-state index in [4.69, 9.17) is 0 Å². The van der Waals surface area contributed by atoms with E-state index in [1.54, 1.807) is 0 Å². The van der Waals surface area contributed by atoms with E-state index in [-0.39, 0.29) is 5.41 Å². The average Bonchev–Trinajstić information content (AvgIpc) is 2.58. The molecule has 0 N–H and O–H groups in total. The number of rotatable bonds is 2. The van der Waals surface area contributed by atoms with Crippen LogP contribution in [0.4, 0.5) is 0 Å². The topological polar surface area (TPSA) is 23.8 Å². The van der Waals surface area contributed by atoms with E-state index in [9.17, 15) is 5.26 Å². The van der Waals surface area contributed by atoms with Gasteiger partial charge in [0.1, 0.15) is 0 Å². The summed E-state index contributed by atoms with van der Waals surface area (Å²) >= 11 is 2.32. The highest BCUT2D eigenvalue weighted by Crippen LogP contribution is 2.37. The van der Waals surface area contributed by atoms with Gasteiger partial charge in [0.2, 0.25) is 0 Å². The molecule has 17 heavy (non-hydrogen) atoms. The fraction of sp³-hybridized carbons (Fsp3) is 0.533. The minimum absolute atomic E-state index is 0.0940. The summed E-state index contributed by atoms with van der Waals surface area (Å²) in [6, 6.07) is 11.2. The van der Waals surface area contributed by atoms with Crippen LogP contribution in [-0.4, -0.2) is 0 Å². The zero-order valence-electron chi connectivity index (χ0n) is 10.1. The maximum atomic E-state index is 9.53. The molecule has 1 nitrogen and oxygen atoms in total. The Kier molecular flexibility index (Phi) is 4.44. The highest BCUT2D eigenvalue weighted by Gasteiger charge is 2.30. The summed E-state index contributed by atoms with van der Waals surface area (Å²) in [5, 5.41) is 9.53. The van der Waals surface area contributed by atoms with Crippen LogP contribution >= 0.6 is 22.6 Å². The van der Waals surface area contributed by atoms with Crippen molar-refractivity contribution < 1.29 is 0 Å². The Hall–Kier alpha value is -0.560. The van der Waals surface area contributed by atoms with E-state index in [1.165, 1.54) is 34.8 Å². The van der Waals surface area contributed by atoms with Crippen LogP contribution in [0, 0.1) is 20.3 Å². The number of nitriles is 1. The van der Waals surface area contributed by atoms with Gasteiger partial charge in [-0.2, -0.15) is 5.26 Å². The van der Waals surface area contributed by atoms with Crippen molar-refractivity contribution in [2.24, 2.45) is 5.41 Å². The van der Waals surface area contributed by atoms with Crippen molar-refractivity contribution in [1.29, 1.82) is 5.26 Å². The van der Waals surface area contributed by atoms with Gasteiger partial charge in [0.25, 0.3) is 0 Å². The molecule has 1 aromatic rings. The molecule has 2 rings (SSSR count). The first-order chi connectivity index (χ1) is 8.24. The van der Waals surface area contributed by atoms with Crippen LogP contribution < -0.4 is 0 Å². The fourth-order valence-corrected chi connectivity index (χ4v) is 3.09. The second-order valence-corrected chi connectivity index (χ2v) is 6.36. The van der Waals surface area contributed by atoms with Crippen LogP contribution in [0.15, 0.2) is 24.3 Å². The van der Waals surface area contributed by atoms with E-state index < -0.39 is 0 Å². The molecule has 2 heteroatoms. The molecule has 1 aliphatic carbocycles. The van der Waals surface area contributed by atoms with Gasteiger partial charge >= 0.3 is 0 Å². The minimum Gasteiger partial charge on any atom is -0.198 e. The van der Waals surface area contributed by atoms with Crippen molar-refractivity contribution in [3.05, 3.63) is 33.4 Å². The van der Waals surface area contributed by atoms with Crippen molar-refractivity contribution in [2.75, 3.05) is 0 Å². The standard InChI is InChI=1S/C15H18IN/c16-14-7-5-13(6-8-14)11-15(12-17)9-3-1-2-4-10-15/h5-8H,1-4,9-11H2. The zero-order chi connectivity index (χ0) is 12.1. The third-order valence-electron chi connectivity index (χ3n) is 3.75. The highest BCUT2D eigenvalue weighted by atomic mass is 127. The second kappa shape index (κ2) is 5.86. The normalized spacial score (nSPS) is 19.3. The van der Waals surface area contributed by atoms with Gasteiger partial charge in [-0.05, 0) is 59.5 Å². The van der Waals surface area contributed by atoms with Crippen molar-refractivity contribution in [2.45, 2.75) is 44.9 Å². The number of hydrogen-bond donors (Lipinski definition) is 0. The molecule has 0 saturated heterocycles. The summed E-state index contributed by atoms with van der Waals surface area (Å²) in [6.07, 6.45) is 8.13. The van der Waals surface area contributed by atoms with Gasteiger partial charge in [0.15, 0.2) is 0 Å².